The number of carbonyl (C=O) groups is 2. The lowest BCUT2D eigenvalue weighted by Crippen LogP contribution is -2.42. The summed E-state index contributed by atoms with van der Waals surface area (Å²) < 4.78 is 46.0. The number of ether oxygens (including phenoxy) is 1. The van der Waals surface area contributed by atoms with Gasteiger partial charge in [0.25, 0.3) is 0 Å². The van der Waals surface area contributed by atoms with E-state index in [2.05, 4.69) is 20.5 Å². The van der Waals surface area contributed by atoms with E-state index >= 15 is 0 Å². The number of carbonyl (C=O) groups excluding carboxylic acids is 2. The van der Waals surface area contributed by atoms with Crippen molar-refractivity contribution in [1.29, 1.82) is 0 Å². The summed E-state index contributed by atoms with van der Waals surface area (Å²) >= 11 is 0. The number of aromatic nitrogens is 5. The number of Topliss-reactive ketones (excluding diaryl/α,β-unsaturated/α-hetero) is 1. The third-order valence-electron chi connectivity index (χ3n) is 6.95. The van der Waals surface area contributed by atoms with Crippen molar-refractivity contribution >= 4 is 17.3 Å². The van der Waals surface area contributed by atoms with Crippen LogP contribution in [0.2, 0.25) is 0 Å². The molecule has 0 spiro atoms. The highest BCUT2D eigenvalue weighted by molar-refractivity contribution is 5.81. The van der Waals surface area contributed by atoms with E-state index in [1.54, 1.807) is 59.1 Å². The fourth-order valence-corrected chi connectivity index (χ4v) is 4.65. The predicted octanol–water partition coefficient (Wildman–Crippen LogP) is 4.57. The van der Waals surface area contributed by atoms with Crippen LogP contribution in [-0.4, -0.2) is 61.5 Å². The molecular weight excluding hydrogens is 525 g/mol. The van der Waals surface area contributed by atoms with Gasteiger partial charge in [0.15, 0.2) is 5.65 Å². The third-order valence-corrected chi connectivity index (χ3v) is 6.95. The predicted molar refractivity (Wildman–Crippen MR) is 140 cm³/mol. The first kappa shape index (κ1) is 27.5. The second-order valence-electron chi connectivity index (χ2n) is 9.97. The van der Waals surface area contributed by atoms with Gasteiger partial charge in [-0.2, -0.15) is 23.4 Å². The molecule has 12 heteroatoms. The molecule has 5 rings (SSSR count). The lowest BCUT2D eigenvalue weighted by molar-refractivity contribution is -0.143. The minimum absolute atomic E-state index is 0.0757. The summed E-state index contributed by atoms with van der Waals surface area (Å²) in [5.41, 5.74) is 4.18. The highest BCUT2D eigenvalue weighted by atomic mass is 19.4. The van der Waals surface area contributed by atoms with Crippen LogP contribution in [0.4, 0.5) is 13.2 Å². The number of fused-ring (bicyclic) bond motifs is 1. The molecule has 0 aliphatic carbocycles. The van der Waals surface area contributed by atoms with Gasteiger partial charge in [0.05, 0.1) is 30.7 Å². The first-order chi connectivity index (χ1) is 19.2. The molecule has 1 fully saturated rings. The molecule has 210 valence electrons. The number of nitrogens with one attached hydrogen (secondary N) is 1. The summed E-state index contributed by atoms with van der Waals surface area (Å²) in [6, 6.07) is 8.54. The van der Waals surface area contributed by atoms with Crippen molar-refractivity contribution in [2.75, 3.05) is 13.2 Å². The maximum atomic E-state index is 12.7. The van der Waals surface area contributed by atoms with Crippen LogP contribution in [0.1, 0.15) is 44.2 Å². The van der Waals surface area contributed by atoms with E-state index in [0.717, 1.165) is 29.5 Å². The van der Waals surface area contributed by atoms with Crippen LogP contribution in [0.5, 0.6) is 0 Å². The van der Waals surface area contributed by atoms with Crippen molar-refractivity contribution < 1.29 is 27.5 Å². The number of benzene rings is 1. The van der Waals surface area contributed by atoms with Gasteiger partial charge in [0.1, 0.15) is 11.8 Å². The number of halogens is 3. The van der Waals surface area contributed by atoms with E-state index in [1.807, 2.05) is 12.1 Å². The molecule has 1 aliphatic heterocycles. The molecule has 1 saturated heterocycles. The molecule has 0 radical (unpaired) electrons. The lowest BCUT2D eigenvalue weighted by Gasteiger charge is -2.24. The maximum Gasteiger partial charge on any atom is 0.389 e. The van der Waals surface area contributed by atoms with Crippen molar-refractivity contribution in [3.8, 4) is 22.4 Å². The average molecular weight is 555 g/mol. The van der Waals surface area contributed by atoms with Gasteiger partial charge in [-0.1, -0.05) is 18.2 Å². The molecule has 40 heavy (non-hydrogen) atoms. The number of hydrogen-bond donors (Lipinski definition) is 1. The van der Waals surface area contributed by atoms with Gasteiger partial charge in [-0.25, -0.2) is 9.50 Å². The van der Waals surface area contributed by atoms with Crippen LogP contribution in [0, 0.1) is 0 Å². The van der Waals surface area contributed by atoms with E-state index in [4.69, 9.17) is 4.74 Å². The van der Waals surface area contributed by atoms with Crippen molar-refractivity contribution in [3.05, 3.63) is 60.7 Å². The Kier molecular flexibility index (Phi) is 7.97. The summed E-state index contributed by atoms with van der Waals surface area (Å²) in [6.07, 6.45) is 2.31. The van der Waals surface area contributed by atoms with Crippen molar-refractivity contribution in [2.45, 2.75) is 57.3 Å². The Morgan fingerprint density at radius 1 is 1.07 bits per heavy atom. The van der Waals surface area contributed by atoms with E-state index in [-0.39, 0.29) is 18.4 Å². The molecule has 1 unspecified atom stereocenters. The third kappa shape index (κ3) is 6.56. The Labute approximate surface area is 228 Å². The number of nitrogens with zero attached hydrogens (tertiary/aromatic N) is 5. The molecular formula is C28H29F3N6O3. The summed E-state index contributed by atoms with van der Waals surface area (Å²) in [5.74, 6) is -0.566. The van der Waals surface area contributed by atoms with Crippen LogP contribution >= 0.6 is 0 Å². The zero-order valence-corrected chi connectivity index (χ0v) is 21.9. The number of imidazole rings is 1. The number of ketones is 1. The quantitative estimate of drug-likeness (QED) is 0.325. The van der Waals surface area contributed by atoms with Crippen LogP contribution in [-0.2, 0) is 20.7 Å². The second-order valence-corrected chi connectivity index (χ2v) is 9.97. The SMILES string of the molecule is CC(C(=O)NC1CCOCC1)n1cc(-c2cnn3c(-c4cccc(CC(=O)CCC(F)(F)F)c4)cnc3c2)cn1. The molecule has 3 aromatic heterocycles. The van der Waals surface area contributed by atoms with Gasteiger partial charge in [0.2, 0.25) is 5.91 Å². The van der Waals surface area contributed by atoms with Gasteiger partial charge in [-0.15, -0.1) is 0 Å². The molecule has 4 heterocycles. The molecule has 0 bridgehead atoms. The molecule has 1 aliphatic rings. The molecule has 4 aromatic rings. The number of amides is 1. The Morgan fingerprint density at radius 2 is 1.85 bits per heavy atom. The zero-order valence-electron chi connectivity index (χ0n) is 21.9. The summed E-state index contributed by atoms with van der Waals surface area (Å²) in [5, 5.41) is 12.0. The first-order valence-electron chi connectivity index (χ1n) is 13.1. The van der Waals surface area contributed by atoms with E-state index < -0.39 is 30.8 Å². The van der Waals surface area contributed by atoms with Gasteiger partial charge < -0.3 is 10.1 Å². The summed E-state index contributed by atoms with van der Waals surface area (Å²) in [7, 11) is 0. The van der Waals surface area contributed by atoms with Crippen LogP contribution < -0.4 is 5.32 Å². The Morgan fingerprint density at radius 3 is 2.62 bits per heavy atom. The van der Waals surface area contributed by atoms with Crippen molar-refractivity contribution in [3.63, 3.8) is 0 Å². The zero-order chi connectivity index (χ0) is 28.3. The molecule has 1 amide bonds. The number of rotatable bonds is 9. The highest BCUT2D eigenvalue weighted by Gasteiger charge is 2.28. The fourth-order valence-electron chi connectivity index (χ4n) is 4.65. The van der Waals surface area contributed by atoms with Gasteiger partial charge in [0, 0.05) is 55.0 Å². The molecule has 1 aromatic carbocycles. The monoisotopic (exact) mass is 554 g/mol. The topological polar surface area (TPSA) is 103 Å². The van der Waals surface area contributed by atoms with Gasteiger partial charge in [-0.3, -0.25) is 14.3 Å². The highest BCUT2D eigenvalue weighted by Crippen LogP contribution is 2.26. The first-order valence-corrected chi connectivity index (χ1v) is 13.1. The smallest absolute Gasteiger partial charge is 0.381 e. The minimum Gasteiger partial charge on any atom is -0.381 e. The van der Waals surface area contributed by atoms with Crippen molar-refractivity contribution in [2.24, 2.45) is 0 Å². The molecule has 9 nitrogen and oxygen atoms in total. The van der Waals surface area contributed by atoms with E-state index in [1.165, 1.54) is 0 Å². The average Bonchev–Trinajstić information content (AvgIpc) is 3.59. The number of hydrogen-bond acceptors (Lipinski definition) is 6. The molecule has 0 saturated carbocycles. The fraction of sp³-hybridized carbons (Fsp3) is 0.393. The largest absolute Gasteiger partial charge is 0.389 e. The summed E-state index contributed by atoms with van der Waals surface area (Å²) in [4.78, 5) is 29.2. The molecule has 1 N–H and O–H groups in total. The van der Waals surface area contributed by atoms with Crippen LogP contribution in [0.25, 0.3) is 28.0 Å². The van der Waals surface area contributed by atoms with Crippen LogP contribution in [0.3, 0.4) is 0 Å². The Bertz CT molecular complexity index is 1510. The van der Waals surface area contributed by atoms with E-state index in [0.29, 0.717) is 30.1 Å². The molecule has 1 atom stereocenters. The lowest BCUT2D eigenvalue weighted by atomic mass is 10.0. The normalized spacial score (nSPS) is 15.3. The van der Waals surface area contributed by atoms with Crippen LogP contribution in [0.15, 0.2) is 55.1 Å². The Hall–Kier alpha value is -4.06. The maximum absolute atomic E-state index is 12.7. The Balaban J connectivity index is 1.28. The minimum atomic E-state index is -4.35. The van der Waals surface area contributed by atoms with Gasteiger partial charge in [-0.05, 0) is 37.5 Å². The summed E-state index contributed by atoms with van der Waals surface area (Å²) in [6.45, 7) is 3.09. The van der Waals surface area contributed by atoms with Gasteiger partial charge >= 0.3 is 6.18 Å². The second kappa shape index (κ2) is 11.6. The van der Waals surface area contributed by atoms with Crippen molar-refractivity contribution in [1.82, 2.24) is 29.7 Å². The number of alkyl halides is 3. The standard InChI is InChI=1S/C28H29F3N6O3/c1-18(27(39)35-23-6-9-40-10-7-23)36-17-22(15-33-36)21-13-26-32-16-25(37(26)34-14-21)20-4-2-3-19(11-20)12-24(38)5-8-28(29,30)31/h2-4,11,13-18,23H,5-10,12H2,1H3,(H,35,39). The van der Waals surface area contributed by atoms with E-state index in [9.17, 15) is 22.8 Å².